The van der Waals surface area contributed by atoms with E-state index in [0.717, 1.165) is 6.08 Å². The van der Waals surface area contributed by atoms with E-state index in [1.807, 2.05) is 0 Å². The molecule has 1 aromatic rings. The number of hydrogen-bond donors (Lipinski definition) is 1. The fourth-order valence-corrected chi connectivity index (χ4v) is 1.50. The third kappa shape index (κ3) is 3.02. The molecule has 0 saturated carbocycles. The largest absolute Gasteiger partial charge is 0.497 e. The van der Waals surface area contributed by atoms with Crippen LogP contribution in [0.2, 0.25) is 0 Å². The molecule has 2 N–H and O–H groups in total. The van der Waals surface area contributed by atoms with Crippen LogP contribution in [0.25, 0.3) is 6.08 Å². The highest BCUT2D eigenvalue weighted by Gasteiger charge is 2.22. The normalized spacial score (nSPS) is 10.6. The van der Waals surface area contributed by atoms with Gasteiger partial charge in [0.05, 0.1) is 24.7 Å². The van der Waals surface area contributed by atoms with Crippen LogP contribution in [0.3, 0.4) is 0 Å². The van der Waals surface area contributed by atoms with Gasteiger partial charge < -0.3 is 15.2 Å². The van der Waals surface area contributed by atoms with Gasteiger partial charge >= 0.3 is 5.69 Å². The average Bonchev–Trinajstić information content (AvgIpc) is 2.42. The number of rotatable bonds is 5. The van der Waals surface area contributed by atoms with Gasteiger partial charge in [-0.1, -0.05) is 0 Å². The molecule has 20 heavy (non-hydrogen) atoms. The lowest BCUT2D eigenvalue weighted by Crippen LogP contribution is -2.12. The number of methoxy groups -OCH3 is 2. The van der Waals surface area contributed by atoms with Crippen LogP contribution >= 0.6 is 0 Å². The number of ether oxygens (including phenoxy) is 2. The third-order valence-corrected chi connectivity index (χ3v) is 2.40. The number of nitro benzene ring substituents is 1. The summed E-state index contributed by atoms with van der Waals surface area (Å²) in [5.74, 6) is -0.758. The molecule has 0 heterocycles. The van der Waals surface area contributed by atoms with Crippen LogP contribution in [-0.4, -0.2) is 25.1 Å². The summed E-state index contributed by atoms with van der Waals surface area (Å²) >= 11 is 0. The van der Waals surface area contributed by atoms with Gasteiger partial charge in [-0.05, 0) is 12.1 Å². The zero-order valence-corrected chi connectivity index (χ0v) is 10.7. The van der Waals surface area contributed by atoms with Crippen molar-refractivity contribution in [1.82, 2.24) is 0 Å². The quantitative estimate of drug-likeness (QED) is 0.370. The summed E-state index contributed by atoms with van der Waals surface area (Å²) in [4.78, 5) is 21.4. The number of nitrogens with two attached hydrogens (primary N) is 1. The lowest BCUT2D eigenvalue weighted by Gasteiger charge is -2.08. The molecular weight excluding hydrogens is 266 g/mol. The number of carbonyl (C=O) groups is 1. The van der Waals surface area contributed by atoms with Gasteiger partial charge in [0.15, 0.2) is 0 Å². The molecule has 1 aromatic carbocycles. The fraction of sp³-hybridized carbons (Fsp3) is 0.167. The summed E-state index contributed by atoms with van der Waals surface area (Å²) < 4.78 is 9.89. The average molecular weight is 277 g/mol. The molecule has 0 aliphatic heterocycles. The molecule has 0 aliphatic rings. The maximum Gasteiger partial charge on any atom is 0.318 e. The molecule has 0 bridgehead atoms. The molecule has 104 valence electrons. The Labute approximate surface area is 114 Å². The minimum absolute atomic E-state index is 0.0125. The first-order valence-electron chi connectivity index (χ1n) is 5.26. The van der Waals surface area contributed by atoms with E-state index in [1.54, 1.807) is 6.07 Å². The Hall–Kier alpha value is -3.08. The zero-order valence-electron chi connectivity index (χ0n) is 10.7. The van der Waals surface area contributed by atoms with Crippen LogP contribution in [-0.2, 0) is 4.79 Å². The Morgan fingerprint density at radius 3 is 2.50 bits per heavy atom. The van der Waals surface area contributed by atoms with Gasteiger partial charge in [0.25, 0.3) is 5.91 Å². The second kappa shape index (κ2) is 6.19. The first-order chi connectivity index (χ1) is 9.44. The Kier molecular flexibility index (Phi) is 4.64. The molecule has 8 nitrogen and oxygen atoms in total. The highest BCUT2D eigenvalue weighted by atomic mass is 16.6. The van der Waals surface area contributed by atoms with E-state index in [2.05, 4.69) is 0 Å². The summed E-state index contributed by atoms with van der Waals surface area (Å²) in [7, 11) is 2.63. The van der Waals surface area contributed by atoms with Crippen LogP contribution in [0.1, 0.15) is 5.56 Å². The van der Waals surface area contributed by atoms with Crippen LogP contribution in [0, 0.1) is 21.4 Å². The summed E-state index contributed by atoms with van der Waals surface area (Å²) in [6.07, 6.45) is 1.02. The van der Waals surface area contributed by atoms with E-state index in [-0.39, 0.29) is 22.7 Å². The van der Waals surface area contributed by atoms with Crippen LogP contribution < -0.4 is 15.2 Å². The number of nitro groups is 1. The standard InChI is InChI=1S/C12H11N3O5/c1-19-9-4-7(3-8(6-13)12(14)16)11(15(17)18)10(5-9)20-2/h3-5H,1-2H3,(H2,14,16). The number of hydrogen-bond acceptors (Lipinski definition) is 6. The third-order valence-electron chi connectivity index (χ3n) is 2.40. The lowest BCUT2D eigenvalue weighted by atomic mass is 10.1. The second-order valence-electron chi connectivity index (χ2n) is 3.56. The van der Waals surface area contributed by atoms with E-state index < -0.39 is 16.4 Å². The van der Waals surface area contributed by atoms with E-state index in [4.69, 9.17) is 20.5 Å². The predicted octanol–water partition coefficient (Wildman–Crippen LogP) is 1.00. The van der Waals surface area contributed by atoms with E-state index in [1.165, 1.54) is 26.4 Å². The van der Waals surface area contributed by atoms with Crippen molar-refractivity contribution in [3.63, 3.8) is 0 Å². The highest BCUT2D eigenvalue weighted by molar-refractivity contribution is 6.01. The summed E-state index contributed by atoms with van der Waals surface area (Å²) in [5, 5.41) is 19.9. The van der Waals surface area contributed by atoms with Gasteiger partial charge in [-0.3, -0.25) is 14.9 Å². The van der Waals surface area contributed by atoms with Crippen molar-refractivity contribution in [2.45, 2.75) is 0 Å². The van der Waals surface area contributed by atoms with Gasteiger partial charge in [0.1, 0.15) is 17.4 Å². The number of benzene rings is 1. The van der Waals surface area contributed by atoms with Crippen molar-refractivity contribution >= 4 is 17.7 Å². The van der Waals surface area contributed by atoms with Crippen LogP contribution in [0.15, 0.2) is 17.7 Å². The smallest absolute Gasteiger partial charge is 0.318 e. The molecule has 1 rings (SSSR count). The molecule has 0 unspecified atom stereocenters. The molecular formula is C12H11N3O5. The van der Waals surface area contributed by atoms with Crippen LogP contribution in [0.4, 0.5) is 5.69 Å². The van der Waals surface area contributed by atoms with Crippen molar-refractivity contribution in [2.75, 3.05) is 14.2 Å². The summed E-state index contributed by atoms with van der Waals surface area (Å²) in [6.45, 7) is 0. The molecule has 0 atom stereocenters. The maximum atomic E-state index is 11.1. The first kappa shape index (κ1) is 15.0. The zero-order chi connectivity index (χ0) is 15.3. The monoisotopic (exact) mass is 277 g/mol. The topological polar surface area (TPSA) is 128 Å². The van der Waals surface area contributed by atoms with Crippen molar-refractivity contribution in [1.29, 1.82) is 5.26 Å². The van der Waals surface area contributed by atoms with Gasteiger partial charge in [-0.25, -0.2) is 0 Å². The molecule has 0 aromatic heterocycles. The Morgan fingerprint density at radius 1 is 1.45 bits per heavy atom. The van der Waals surface area contributed by atoms with Gasteiger partial charge in [0.2, 0.25) is 5.75 Å². The van der Waals surface area contributed by atoms with Crippen molar-refractivity contribution < 1.29 is 19.2 Å². The summed E-state index contributed by atoms with van der Waals surface area (Å²) in [5.41, 5.74) is 4.19. The summed E-state index contributed by atoms with van der Waals surface area (Å²) in [6, 6.07) is 4.21. The number of amides is 1. The molecule has 8 heteroatoms. The SMILES string of the molecule is COc1cc(C=C(C#N)C(N)=O)c([N+](=O)[O-])c(OC)c1. The number of carbonyl (C=O) groups excluding carboxylic acids is 1. The highest BCUT2D eigenvalue weighted by Crippen LogP contribution is 2.36. The number of primary amides is 1. The van der Waals surface area contributed by atoms with Crippen molar-refractivity contribution in [3.05, 3.63) is 33.4 Å². The van der Waals surface area contributed by atoms with Gasteiger partial charge in [-0.15, -0.1) is 0 Å². The van der Waals surface area contributed by atoms with Gasteiger partial charge in [0, 0.05) is 6.07 Å². The van der Waals surface area contributed by atoms with E-state index in [9.17, 15) is 14.9 Å². The predicted molar refractivity (Wildman–Crippen MR) is 69.0 cm³/mol. The van der Waals surface area contributed by atoms with Crippen LogP contribution in [0.5, 0.6) is 11.5 Å². The minimum atomic E-state index is -0.983. The first-order valence-corrected chi connectivity index (χ1v) is 5.26. The van der Waals surface area contributed by atoms with Gasteiger partial charge in [-0.2, -0.15) is 5.26 Å². The molecule has 1 amide bonds. The van der Waals surface area contributed by atoms with E-state index >= 15 is 0 Å². The second-order valence-corrected chi connectivity index (χ2v) is 3.56. The molecule has 0 fully saturated rings. The fourth-order valence-electron chi connectivity index (χ4n) is 1.50. The molecule has 0 radical (unpaired) electrons. The number of nitriles is 1. The molecule has 0 spiro atoms. The Bertz CT molecular complexity index is 631. The Morgan fingerprint density at radius 2 is 2.10 bits per heavy atom. The minimum Gasteiger partial charge on any atom is -0.497 e. The maximum absolute atomic E-state index is 11.1. The van der Waals surface area contributed by atoms with E-state index in [0.29, 0.717) is 0 Å². The van der Waals surface area contributed by atoms with Crippen molar-refractivity contribution in [3.8, 4) is 17.6 Å². The molecule has 0 saturated heterocycles. The molecule has 0 aliphatic carbocycles. The Balaban J connectivity index is 3.62. The van der Waals surface area contributed by atoms with Crippen molar-refractivity contribution in [2.24, 2.45) is 5.73 Å². The number of nitrogens with zero attached hydrogens (tertiary/aromatic N) is 2. The lowest BCUT2D eigenvalue weighted by molar-refractivity contribution is -0.386.